The summed E-state index contributed by atoms with van der Waals surface area (Å²) in [5.41, 5.74) is 0.978. The Hall–Kier alpha value is -0.910. The molecule has 5 nitrogen and oxygen atoms in total. The van der Waals surface area contributed by atoms with E-state index in [0.29, 0.717) is 12.5 Å². The highest BCUT2D eigenvalue weighted by atomic mass is 16.3. The average Bonchev–Trinajstić information content (AvgIpc) is 2.77. The van der Waals surface area contributed by atoms with E-state index >= 15 is 0 Å². The third-order valence-electron chi connectivity index (χ3n) is 4.17. The number of aliphatic hydroxyl groups is 1. The summed E-state index contributed by atoms with van der Waals surface area (Å²) >= 11 is 0. The zero-order valence-electron chi connectivity index (χ0n) is 13.2. The molecule has 0 aromatic carbocycles. The van der Waals surface area contributed by atoms with Crippen LogP contribution in [0.2, 0.25) is 0 Å². The summed E-state index contributed by atoms with van der Waals surface area (Å²) in [7, 11) is 4.24. The van der Waals surface area contributed by atoms with E-state index < -0.39 is 0 Å². The van der Waals surface area contributed by atoms with Crippen molar-refractivity contribution in [3.8, 4) is 0 Å². The fourth-order valence-electron chi connectivity index (χ4n) is 2.85. The minimum Gasteiger partial charge on any atom is -0.391 e. The second kappa shape index (κ2) is 6.70. The van der Waals surface area contributed by atoms with Gasteiger partial charge in [0.25, 0.3) is 0 Å². The summed E-state index contributed by atoms with van der Waals surface area (Å²) in [4.78, 5) is 4.59. The van der Waals surface area contributed by atoms with Gasteiger partial charge in [0.05, 0.1) is 11.8 Å². The number of likely N-dealkylation sites (N-methyl/N-ethyl adjacent to an activating group) is 2. The average molecular weight is 280 g/mol. The fourth-order valence-corrected chi connectivity index (χ4v) is 2.85. The molecule has 2 unspecified atom stereocenters. The molecular formula is C15H28N4O. The van der Waals surface area contributed by atoms with Gasteiger partial charge in [-0.25, -0.2) is 0 Å². The molecule has 1 aromatic heterocycles. The van der Waals surface area contributed by atoms with Crippen molar-refractivity contribution in [3.63, 3.8) is 0 Å². The molecule has 1 aromatic rings. The highest BCUT2D eigenvalue weighted by Gasteiger charge is 2.27. The predicted molar refractivity (Wildman–Crippen MR) is 80.9 cm³/mol. The molecule has 0 bridgehead atoms. The van der Waals surface area contributed by atoms with Gasteiger partial charge in [0.2, 0.25) is 0 Å². The Morgan fingerprint density at radius 1 is 1.35 bits per heavy atom. The fraction of sp³-hybridized carbons (Fsp3) is 0.800. The Kier molecular flexibility index (Phi) is 5.18. The SMILES string of the molecule is CC(C)n1ccc(CC(O)C2CN(C)CCCN2C)n1. The van der Waals surface area contributed by atoms with Gasteiger partial charge in [-0.15, -0.1) is 0 Å². The van der Waals surface area contributed by atoms with E-state index in [4.69, 9.17) is 0 Å². The Morgan fingerprint density at radius 3 is 2.75 bits per heavy atom. The van der Waals surface area contributed by atoms with Gasteiger partial charge in [-0.05, 0) is 53.5 Å². The maximum absolute atomic E-state index is 10.6. The summed E-state index contributed by atoms with van der Waals surface area (Å²) in [6, 6.07) is 2.57. The highest BCUT2D eigenvalue weighted by Crippen LogP contribution is 2.14. The second-order valence-electron chi connectivity index (χ2n) is 6.32. The normalized spacial score (nSPS) is 24.0. The molecule has 2 rings (SSSR count). The van der Waals surface area contributed by atoms with Crippen LogP contribution >= 0.6 is 0 Å². The van der Waals surface area contributed by atoms with Crippen LogP contribution in [0.5, 0.6) is 0 Å². The van der Waals surface area contributed by atoms with Crippen LogP contribution in [0.1, 0.15) is 32.0 Å². The highest BCUT2D eigenvalue weighted by molar-refractivity contribution is 5.03. The molecule has 1 aliphatic heterocycles. The predicted octanol–water partition coefficient (Wildman–Crippen LogP) is 1.00. The molecule has 114 valence electrons. The summed E-state index contributed by atoms with van der Waals surface area (Å²) < 4.78 is 1.95. The molecule has 0 aliphatic carbocycles. The lowest BCUT2D eigenvalue weighted by Crippen LogP contribution is -2.47. The Labute approximate surface area is 122 Å². The van der Waals surface area contributed by atoms with E-state index in [2.05, 4.69) is 42.8 Å². The third-order valence-corrected chi connectivity index (χ3v) is 4.17. The zero-order chi connectivity index (χ0) is 14.7. The van der Waals surface area contributed by atoms with Crippen LogP contribution in [-0.2, 0) is 6.42 Å². The molecule has 1 N–H and O–H groups in total. The first-order valence-corrected chi connectivity index (χ1v) is 7.58. The number of hydrogen-bond acceptors (Lipinski definition) is 4. The lowest BCUT2D eigenvalue weighted by atomic mass is 10.0. The third kappa shape index (κ3) is 3.81. The number of aromatic nitrogens is 2. The Balaban J connectivity index is 1.99. The van der Waals surface area contributed by atoms with E-state index in [9.17, 15) is 5.11 Å². The van der Waals surface area contributed by atoms with Crippen molar-refractivity contribution in [2.24, 2.45) is 0 Å². The molecule has 20 heavy (non-hydrogen) atoms. The van der Waals surface area contributed by atoms with Crippen LogP contribution in [0.4, 0.5) is 0 Å². The Morgan fingerprint density at radius 2 is 2.10 bits per heavy atom. The van der Waals surface area contributed by atoms with Gasteiger partial charge < -0.3 is 10.0 Å². The first kappa shape index (κ1) is 15.5. The summed E-state index contributed by atoms with van der Waals surface area (Å²) in [5.74, 6) is 0. The Bertz CT molecular complexity index is 418. The van der Waals surface area contributed by atoms with E-state index in [1.165, 1.54) is 0 Å². The van der Waals surface area contributed by atoms with Gasteiger partial charge in [-0.3, -0.25) is 9.58 Å². The molecular weight excluding hydrogens is 252 g/mol. The summed E-state index contributed by atoms with van der Waals surface area (Å²) in [6.45, 7) is 7.30. The topological polar surface area (TPSA) is 44.5 Å². The molecule has 0 radical (unpaired) electrons. The molecule has 0 saturated carbocycles. The van der Waals surface area contributed by atoms with Crippen LogP contribution in [0, 0.1) is 0 Å². The van der Waals surface area contributed by atoms with Crippen molar-refractivity contribution < 1.29 is 5.11 Å². The number of hydrogen-bond donors (Lipinski definition) is 1. The van der Waals surface area contributed by atoms with Gasteiger partial charge in [0.1, 0.15) is 0 Å². The van der Waals surface area contributed by atoms with Gasteiger partial charge >= 0.3 is 0 Å². The molecule has 5 heteroatoms. The van der Waals surface area contributed by atoms with Gasteiger partial charge in [-0.2, -0.15) is 5.10 Å². The molecule has 1 aliphatic rings. The van der Waals surface area contributed by atoms with E-state index in [-0.39, 0.29) is 12.1 Å². The van der Waals surface area contributed by atoms with E-state index in [1.807, 2.05) is 16.9 Å². The number of nitrogens with zero attached hydrogens (tertiary/aromatic N) is 4. The lowest BCUT2D eigenvalue weighted by molar-refractivity contribution is 0.0573. The van der Waals surface area contributed by atoms with Crippen molar-refractivity contribution in [2.75, 3.05) is 33.7 Å². The van der Waals surface area contributed by atoms with Crippen molar-refractivity contribution >= 4 is 0 Å². The van der Waals surface area contributed by atoms with Crippen molar-refractivity contribution in [3.05, 3.63) is 18.0 Å². The maximum atomic E-state index is 10.6. The van der Waals surface area contributed by atoms with Crippen molar-refractivity contribution in [2.45, 2.75) is 44.9 Å². The van der Waals surface area contributed by atoms with Crippen LogP contribution in [-0.4, -0.2) is 70.6 Å². The van der Waals surface area contributed by atoms with Gasteiger partial charge in [-0.1, -0.05) is 0 Å². The maximum Gasteiger partial charge on any atom is 0.0763 e. The number of aliphatic hydroxyl groups excluding tert-OH is 1. The molecule has 1 saturated heterocycles. The van der Waals surface area contributed by atoms with Crippen LogP contribution in [0.25, 0.3) is 0 Å². The van der Waals surface area contributed by atoms with Crippen molar-refractivity contribution in [1.29, 1.82) is 0 Å². The molecule has 0 amide bonds. The van der Waals surface area contributed by atoms with E-state index in [0.717, 1.165) is 31.7 Å². The van der Waals surface area contributed by atoms with Crippen LogP contribution < -0.4 is 0 Å². The van der Waals surface area contributed by atoms with Crippen LogP contribution in [0.3, 0.4) is 0 Å². The van der Waals surface area contributed by atoms with E-state index in [1.54, 1.807) is 0 Å². The minimum absolute atomic E-state index is 0.187. The largest absolute Gasteiger partial charge is 0.391 e. The zero-order valence-corrected chi connectivity index (χ0v) is 13.2. The van der Waals surface area contributed by atoms with Crippen LogP contribution in [0.15, 0.2) is 12.3 Å². The van der Waals surface area contributed by atoms with Gasteiger partial charge in [0.15, 0.2) is 0 Å². The molecule has 1 fully saturated rings. The quantitative estimate of drug-likeness (QED) is 0.894. The lowest BCUT2D eigenvalue weighted by Gasteiger charge is -2.31. The first-order valence-electron chi connectivity index (χ1n) is 7.58. The number of rotatable bonds is 4. The summed E-state index contributed by atoms with van der Waals surface area (Å²) in [6.07, 6.45) is 3.42. The first-order chi connectivity index (χ1) is 9.47. The smallest absolute Gasteiger partial charge is 0.0763 e. The minimum atomic E-state index is -0.365. The van der Waals surface area contributed by atoms with Gasteiger partial charge in [0, 0.05) is 31.2 Å². The summed E-state index contributed by atoms with van der Waals surface area (Å²) in [5, 5.41) is 15.1. The second-order valence-corrected chi connectivity index (χ2v) is 6.32. The molecule has 0 spiro atoms. The molecule has 2 heterocycles. The monoisotopic (exact) mass is 280 g/mol. The van der Waals surface area contributed by atoms with Crippen molar-refractivity contribution in [1.82, 2.24) is 19.6 Å². The standard InChI is InChI=1S/C15H28N4O/c1-12(2)19-9-6-13(16-19)10-15(20)14-11-17(3)7-5-8-18(14)4/h6,9,12,14-15,20H,5,7-8,10-11H2,1-4H3. The molecule has 2 atom stereocenters.